The lowest BCUT2D eigenvalue weighted by molar-refractivity contribution is -0.124. The predicted molar refractivity (Wildman–Crippen MR) is 99.1 cm³/mol. The normalized spacial score (nSPS) is 25.1. The summed E-state index contributed by atoms with van der Waals surface area (Å²) in [5.41, 5.74) is 1.54. The Morgan fingerprint density at radius 2 is 2.12 bits per heavy atom. The summed E-state index contributed by atoms with van der Waals surface area (Å²) in [4.78, 5) is 25.1. The molecule has 138 valence electrons. The third kappa shape index (κ3) is 3.26. The third-order valence-corrected chi connectivity index (χ3v) is 5.46. The Hall–Kier alpha value is -2.21. The molecule has 1 amide bonds. The fourth-order valence-corrected chi connectivity index (χ4v) is 3.92. The van der Waals surface area contributed by atoms with Crippen LogP contribution < -0.4 is 10.7 Å². The van der Waals surface area contributed by atoms with E-state index in [1.807, 2.05) is 23.7 Å². The summed E-state index contributed by atoms with van der Waals surface area (Å²) >= 11 is 0. The van der Waals surface area contributed by atoms with Gasteiger partial charge in [-0.3, -0.25) is 14.3 Å². The molecule has 0 bridgehead atoms. The lowest BCUT2D eigenvalue weighted by Crippen LogP contribution is -2.53. The van der Waals surface area contributed by atoms with E-state index in [2.05, 4.69) is 16.5 Å². The van der Waals surface area contributed by atoms with Gasteiger partial charge >= 0.3 is 0 Å². The first-order chi connectivity index (χ1) is 12.4. The molecule has 2 N–H and O–H groups in total. The van der Waals surface area contributed by atoms with Crippen LogP contribution in [0.2, 0.25) is 0 Å². The lowest BCUT2D eigenvalue weighted by Gasteiger charge is -2.41. The zero-order valence-corrected chi connectivity index (χ0v) is 15.3. The molecule has 0 radical (unpaired) electrons. The van der Waals surface area contributed by atoms with E-state index in [0.29, 0.717) is 30.7 Å². The number of aliphatic hydroxyl groups is 1. The second kappa shape index (κ2) is 6.20. The molecule has 2 saturated carbocycles. The van der Waals surface area contributed by atoms with Gasteiger partial charge in [-0.25, -0.2) is 0 Å². The molecule has 0 unspecified atom stereocenters. The molecule has 1 aromatic heterocycles. The number of rotatable bonds is 5. The standard InChI is InChI=1S/C20H25N3O3/c1-3-23-17-8-13(12-4-5-12)6-7-15(17)19(25)16(22-23)9-18(24)21-14-10-20(2,26)11-14/h6-8,12,14,26H,3-5,9-11H2,1-2H3,(H,21,24). The zero-order chi connectivity index (χ0) is 18.5. The van der Waals surface area contributed by atoms with Crippen molar-refractivity contribution >= 4 is 16.8 Å². The summed E-state index contributed by atoms with van der Waals surface area (Å²) in [6.45, 7) is 4.39. The minimum absolute atomic E-state index is 0.0209. The average Bonchev–Trinajstić information content (AvgIpc) is 3.40. The number of fused-ring (bicyclic) bond motifs is 1. The summed E-state index contributed by atoms with van der Waals surface area (Å²) in [6, 6.07) is 5.96. The van der Waals surface area contributed by atoms with Gasteiger partial charge in [0.15, 0.2) is 0 Å². The first-order valence-electron chi connectivity index (χ1n) is 9.41. The van der Waals surface area contributed by atoms with Gasteiger partial charge in [-0.15, -0.1) is 0 Å². The van der Waals surface area contributed by atoms with Crippen LogP contribution in [0.15, 0.2) is 23.0 Å². The molecular formula is C20H25N3O3. The largest absolute Gasteiger partial charge is 0.390 e. The van der Waals surface area contributed by atoms with E-state index in [1.54, 1.807) is 6.92 Å². The Bertz CT molecular complexity index is 920. The van der Waals surface area contributed by atoms with Crippen molar-refractivity contribution < 1.29 is 9.90 Å². The summed E-state index contributed by atoms with van der Waals surface area (Å²) in [5, 5.41) is 17.7. The summed E-state index contributed by atoms with van der Waals surface area (Å²) in [7, 11) is 0. The van der Waals surface area contributed by atoms with Crippen LogP contribution in [0.25, 0.3) is 10.9 Å². The molecule has 2 aliphatic rings. The monoisotopic (exact) mass is 355 g/mol. The molecule has 26 heavy (non-hydrogen) atoms. The lowest BCUT2D eigenvalue weighted by atomic mass is 9.77. The number of nitrogens with one attached hydrogen (secondary N) is 1. The number of aryl methyl sites for hydroxylation is 1. The Balaban J connectivity index is 1.59. The van der Waals surface area contributed by atoms with Gasteiger partial charge in [-0.05, 0) is 63.1 Å². The van der Waals surface area contributed by atoms with Crippen molar-refractivity contribution in [3.8, 4) is 0 Å². The van der Waals surface area contributed by atoms with Crippen LogP contribution in [0.4, 0.5) is 0 Å². The van der Waals surface area contributed by atoms with Crippen molar-refractivity contribution in [2.45, 2.75) is 70.1 Å². The summed E-state index contributed by atoms with van der Waals surface area (Å²) in [6.07, 6.45) is 3.49. The minimum atomic E-state index is -0.687. The highest BCUT2D eigenvalue weighted by Crippen LogP contribution is 2.40. The highest BCUT2D eigenvalue weighted by Gasteiger charge is 2.39. The molecule has 6 nitrogen and oxygen atoms in total. The number of nitrogens with zero attached hydrogens (tertiary/aromatic N) is 2. The third-order valence-electron chi connectivity index (χ3n) is 5.46. The van der Waals surface area contributed by atoms with Crippen molar-refractivity contribution in [1.82, 2.24) is 15.1 Å². The van der Waals surface area contributed by atoms with Crippen LogP contribution in [0.3, 0.4) is 0 Å². The maximum absolute atomic E-state index is 12.8. The zero-order valence-electron chi connectivity index (χ0n) is 15.3. The molecule has 6 heteroatoms. The number of amides is 1. The molecule has 2 fully saturated rings. The Morgan fingerprint density at radius 1 is 1.38 bits per heavy atom. The van der Waals surface area contributed by atoms with E-state index in [0.717, 1.165) is 5.52 Å². The van der Waals surface area contributed by atoms with Gasteiger partial charge in [0.05, 0.1) is 17.5 Å². The van der Waals surface area contributed by atoms with Gasteiger partial charge in [-0.2, -0.15) is 5.10 Å². The number of aromatic nitrogens is 2. The Morgan fingerprint density at radius 3 is 2.73 bits per heavy atom. The highest BCUT2D eigenvalue weighted by molar-refractivity contribution is 5.82. The van der Waals surface area contributed by atoms with Gasteiger partial charge in [0.2, 0.25) is 11.3 Å². The van der Waals surface area contributed by atoms with Crippen molar-refractivity contribution in [2.75, 3.05) is 0 Å². The smallest absolute Gasteiger partial charge is 0.226 e. The SMILES string of the molecule is CCn1nc(CC(=O)NC2CC(C)(O)C2)c(=O)c2ccc(C3CC3)cc21. The second-order valence-electron chi connectivity index (χ2n) is 7.99. The molecule has 4 rings (SSSR count). The van der Waals surface area contributed by atoms with Crippen molar-refractivity contribution in [3.05, 3.63) is 39.7 Å². The van der Waals surface area contributed by atoms with Crippen LogP contribution in [-0.4, -0.2) is 32.4 Å². The maximum Gasteiger partial charge on any atom is 0.226 e. The quantitative estimate of drug-likeness (QED) is 0.857. The predicted octanol–water partition coefficient (Wildman–Crippen LogP) is 1.87. The molecule has 1 aromatic carbocycles. The number of carbonyl (C=O) groups is 1. The van der Waals surface area contributed by atoms with Crippen LogP contribution in [-0.2, 0) is 17.8 Å². The van der Waals surface area contributed by atoms with E-state index < -0.39 is 5.60 Å². The second-order valence-corrected chi connectivity index (χ2v) is 7.99. The van der Waals surface area contributed by atoms with Gasteiger partial charge in [0.25, 0.3) is 0 Å². The van der Waals surface area contributed by atoms with Crippen LogP contribution in [0, 0.1) is 0 Å². The van der Waals surface area contributed by atoms with Gasteiger partial charge in [0, 0.05) is 18.0 Å². The Labute approximate surface area is 152 Å². The molecular weight excluding hydrogens is 330 g/mol. The fourth-order valence-electron chi connectivity index (χ4n) is 3.92. The highest BCUT2D eigenvalue weighted by atomic mass is 16.3. The Kier molecular flexibility index (Phi) is 4.10. The number of benzene rings is 1. The number of carbonyl (C=O) groups excluding carboxylic acids is 1. The average molecular weight is 355 g/mol. The molecule has 2 aromatic rings. The maximum atomic E-state index is 12.8. The first-order valence-corrected chi connectivity index (χ1v) is 9.41. The van der Waals surface area contributed by atoms with E-state index in [9.17, 15) is 14.7 Å². The van der Waals surface area contributed by atoms with Crippen molar-refractivity contribution in [3.63, 3.8) is 0 Å². The van der Waals surface area contributed by atoms with Crippen LogP contribution in [0.1, 0.15) is 56.7 Å². The molecule has 2 aliphatic carbocycles. The van der Waals surface area contributed by atoms with Gasteiger partial charge in [0.1, 0.15) is 5.69 Å². The molecule has 0 saturated heterocycles. The summed E-state index contributed by atoms with van der Waals surface area (Å²) in [5.74, 6) is 0.400. The minimum Gasteiger partial charge on any atom is -0.390 e. The molecule has 1 heterocycles. The molecule has 0 aliphatic heterocycles. The van der Waals surface area contributed by atoms with Gasteiger partial charge < -0.3 is 10.4 Å². The molecule has 0 spiro atoms. The fraction of sp³-hybridized carbons (Fsp3) is 0.550. The topological polar surface area (TPSA) is 84.2 Å². The van der Waals surface area contributed by atoms with E-state index >= 15 is 0 Å². The van der Waals surface area contributed by atoms with Crippen LogP contribution >= 0.6 is 0 Å². The molecule has 0 atom stereocenters. The van der Waals surface area contributed by atoms with E-state index in [1.165, 1.54) is 18.4 Å². The summed E-state index contributed by atoms with van der Waals surface area (Å²) < 4.78 is 1.82. The van der Waals surface area contributed by atoms with Gasteiger partial charge in [-0.1, -0.05) is 6.07 Å². The van der Waals surface area contributed by atoms with Crippen molar-refractivity contribution in [1.29, 1.82) is 0 Å². The first kappa shape index (κ1) is 17.2. The van der Waals surface area contributed by atoms with Crippen LogP contribution in [0.5, 0.6) is 0 Å². The van der Waals surface area contributed by atoms with Crippen molar-refractivity contribution in [2.24, 2.45) is 0 Å². The number of hydrogen-bond donors (Lipinski definition) is 2. The van der Waals surface area contributed by atoms with E-state index in [-0.39, 0.29) is 29.5 Å². The van der Waals surface area contributed by atoms with E-state index in [4.69, 9.17) is 0 Å². The number of hydrogen-bond acceptors (Lipinski definition) is 4.